The Hall–Kier alpha value is -0.890. The Bertz CT molecular complexity index is 218. The second-order valence-electron chi connectivity index (χ2n) is 1.96. The lowest BCUT2D eigenvalue weighted by molar-refractivity contribution is 1.62. The molecule has 0 fully saturated rings. The van der Waals surface area contributed by atoms with Gasteiger partial charge in [0.15, 0.2) is 0 Å². The zero-order valence-corrected chi connectivity index (χ0v) is 6.53. The highest BCUT2D eigenvalue weighted by atomic mass is 32.1. The van der Waals surface area contributed by atoms with Crippen LogP contribution in [-0.4, -0.2) is 4.99 Å². The Morgan fingerprint density at radius 2 is 2.40 bits per heavy atom. The normalized spacial score (nSPS) is 8.90. The topological polar surface area (TPSA) is 12.0 Å². The molecule has 51 valence electrons. The molecule has 0 aliphatic rings. The van der Waals surface area contributed by atoms with Gasteiger partial charge in [0.1, 0.15) is 0 Å². The van der Waals surface area contributed by atoms with E-state index in [-0.39, 0.29) is 0 Å². The molecule has 1 nitrogen and oxygen atoms in total. The summed E-state index contributed by atoms with van der Waals surface area (Å²) in [4.78, 5) is 0.766. The summed E-state index contributed by atoms with van der Waals surface area (Å²) in [5.74, 6) is 0. The predicted molar refractivity (Wildman–Crippen MR) is 47.2 cm³/mol. The minimum absolute atomic E-state index is 0.766. The highest BCUT2D eigenvalue weighted by Gasteiger charge is 1.87. The molecule has 0 aliphatic heterocycles. The first-order valence-corrected chi connectivity index (χ1v) is 3.44. The summed E-state index contributed by atoms with van der Waals surface area (Å²) < 4.78 is 0. The van der Waals surface area contributed by atoms with Crippen molar-refractivity contribution in [2.24, 2.45) is 0 Å². The van der Waals surface area contributed by atoms with Crippen molar-refractivity contribution in [3.63, 3.8) is 0 Å². The van der Waals surface area contributed by atoms with Crippen molar-refractivity contribution in [1.82, 2.24) is 0 Å². The Labute approximate surface area is 66.1 Å². The largest absolute Gasteiger partial charge is 0.350 e. The number of rotatable bonds is 1. The summed E-state index contributed by atoms with van der Waals surface area (Å²) in [7, 11) is 0. The van der Waals surface area contributed by atoms with Crippen molar-refractivity contribution in [2.75, 3.05) is 5.32 Å². The molecule has 0 bridgehead atoms. The van der Waals surface area contributed by atoms with Crippen LogP contribution in [0, 0.1) is 6.07 Å². The molecule has 0 aliphatic carbocycles. The van der Waals surface area contributed by atoms with Crippen LogP contribution >= 0.6 is 12.2 Å². The Balaban J connectivity index is 2.67. The molecule has 1 radical (unpaired) electrons. The number of anilines is 1. The van der Waals surface area contributed by atoms with Gasteiger partial charge in [-0.15, -0.1) is 0 Å². The fraction of sp³-hybridized carbons (Fsp3) is 0.125. The summed E-state index contributed by atoms with van der Waals surface area (Å²) in [5.41, 5.74) is 0.926. The van der Waals surface area contributed by atoms with E-state index in [2.05, 4.69) is 11.4 Å². The van der Waals surface area contributed by atoms with Crippen molar-refractivity contribution in [3.8, 4) is 0 Å². The second kappa shape index (κ2) is 3.32. The molecule has 1 aromatic carbocycles. The van der Waals surface area contributed by atoms with Crippen molar-refractivity contribution in [2.45, 2.75) is 6.92 Å². The van der Waals surface area contributed by atoms with Crippen molar-refractivity contribution < 1.29 is 0 Å². The van der Waals surface area contributed by atoms with Crippen LogP contribution in [0.25, 0.3) is 0 Å². The van der Waals surface area contributed by atoms with Crippen molar-refractivity contribution >= 4 is 22.9 Å². The SMILES string of the molecule is CC(=S)Nc1[c]cccc1. The van der Waals surface area contributed by atoms with Gasteiger partial charge in [0.2, 0.25) is 0 Å². The van der Waals surface area contributed by atoms with Crippen molar-refractivity contribution in [1.29, 1.82) is 0 Å². The molecule has 0 saturated heterocycles. The van der Waals surface area contributed by atoms with Gasteiger partial charge in [-0.05, 0) is 13.0 Å². The lowest BCUT2D eigenvalue weighted by Crippen LogP contribution is -2.02. The molecule has 1 N–H and O–H groups in total. The van der Waals surface area contributed by atoms with E-state index in [4.69, 9.17) is 12.2 Å². The van der Waals surface area contributed by atoms with Gasteiger partial charge >= 0.3 is 0 Å². The van der Waals surface area contributed by atoms with Crippen LogP contribution in [0.1, 0.15) is 6.92 Å². The summed E-state index contributed by atoms with van der Waals surface area (Å²) in [5, 5.41) is 2.98. The number of para-hydroxylation sites is 1. The molecule has 0 aromatic heterocycles. The standard InChI is InChI=1S/C8H8NS/c1-7(10)9-8-5-3-2-4-6-8/h2-5H,1H3,(H,9,10). The average Bonchev–Trinajstić information content (AvgIpc) is 1.88. The van der Waals surface area contributed by atoms with E-state index in [9.17, 15) is 0 Å². The van der Waals surface area contributed by atoms with Crippen LogP contribution in [-0.2, 0) is 0 Å². The number of benzene rings is 1. The molecule has 0 unspecified atom stereocenters. The molecule has 0 heterocycles. The summed E-state index contributed by atoms with van der Waals surface area (Å²) in [6.07, 6.45) is 0. The number of hydrogen-bond acceptors (Lipinski definition) is 1. The second-order valence-corrected chi connectivity index (χ2v) is 2.57. The minimum Gasteiger partial charge on any atom is -0.350 e. The van der Waals surface area contributed by atoms with E-state index in [1.54, 1.807) is 0 Å². The van der Waals surface area contributed by atoms with Crippen molar-refractivity contribution in [3.05, 3.63) is 30.3 Å². The van der Waals surface area contributed by atoms with E-state index >= 15 is 0 Å². The summed E-state index contributed by atoms with van der Waals surface area (Å²) in [6, 6.07) is 10.6. The van der Waals surface area contributed by atoms with E-state index < -0.39 is 0 Å². The van der Waals surface area contributed by atoms with E-state index in [1.165, 1.54) is 0 Å². The molecular weight excluding hydrogens is 142 g/mol. The molecule has 1 aromatic rings. The van der Waals surface area contributed by atoms with Gasteiger partial charge in [-0.25, -0.2) is 0 Å². The number of thiocarbonyl (C=S) groups is 1. The van der Waals surface area contributed by atoms with Gasteiger partial charge in [0, 0.05) is 11.8 Å². The highest BCUT2D eigenvalue weighted by Crippen LogP contribution is 2.03. The van der Waals surface area contributed by atoms with Gasteiger partial charge in [-0.2, -0.15) is 0 Å². The molecule has 0 atom stereocenters. The lowest BCUT2D eigenvalue weighted by Gasteiger charge is -2.00. The first-order valence-electron chi connectivity index (χ1n) is 3.03. The molecule has 2 heteroatoms. The van der Waals surface area contributed by atoms with Crippen LogP contribution in [0.15, 0.2) is 24.3 Å². The smallest absolute Gasteiger partial charge is 0.0765 e. The van der Waals surface area contributed by atoms with E-state index in [1.807, 2.05) is 31.2 Å². The lowest BCUT2D eigenvalue weighted by atomic mass is 10.3. The van der Waals surface area contributed by atoms with Gasteiger partial charge in [-0.3, -0.25) is 0 Å². The molecule has 0 amide bonds. The monoisotopic (exact) mass is 150 g/mol. The molecule has 0 spiro atoms. The minimum atomic E-state index is 0.766. The number of nitrogens with one attached hydrogen (secondary N) is 1. The van der Waals surface area contributed by atoms with Gasteiger partial charge < -0.3 is 5.32 Å². The third-order valence-corrected chi connectivity index (χ3v) is 1.12. The van der Waals surface area contributed by atoms with Crippen LogP contribution < -0.4 is 5.32 Å². The van der Waals surface area contributed by atoms with E-state index in [0.29, 0.717) is 0 Å². The molecule has 1 rings (SSSR count). The summed E-state index contributed by atoms with van der Waals surface area (Å²) in [6.45, 7) is 1.84. The first kappa shape index (κ1) is 7.22. The van der Waals surface area contributed by atoms with Crippen LogP contribution in [0.5, 0.6) is 0 Å². The Kier molecular flexibility index (Phi) is 2.40. The maximum atomic E-state index is 4.85. The van der Waals surface area contributed by atoms with Crippen LogP contribution in [0.4, 0.5) is 5.69 Å². The van der Waals surface area contributed by atoms with Crippen LogP contribution in [0.3, 0.4) is 0 Å². The predicted octanol–water partition coefficient (Wildman–Crippen LogP) is 2.25. The zero-order valence-electron chi connectivity index (χ0n) is 5.72. The van der Waals surface area contributed by atoms with Gasteiger partial charge in [0.05, 0.1) is 4.99 Å². The highest BCUT2D eigenvalue weighted by molar-refractivity contribution is 7.80. The fourth-order valence-electron chi connectivity index (χ4n) is 0.661. The zero-order chi connectivity index (χ0) is 7.40. The quantitative estimate of drug-likeness (QED) is 0.616. The van der Waals surface area contributed by atoms with Gasteiger partial charge in [-0.1, -0.05) is 30.4 Å². The van der Waals surface area contributed by atoms with E-state index in [0.717, 1.165) is 10.7 Å². The van der Waals surface area contributed by atoms with Gasteiger partial charge in [0.25, 0.3) is 0 Å². The molecule has 10 heavy (non-hydrogen) atoms. The Morgan fingerprint density at radius 1 is 1.60 bits per heavy atom. The van der Waals surface area contributed by atoms with Crippen LogP contribution in [0.2, 0.25) is 0 Å². The first-order chi connectivity index (χ1) is 4.79. The summed E-state index contributed by atoms with van der Waals surface area (Å²) >= 11 is 4.85. The molecule has 0 saturated carbocycles. The third-order valence-electron chi connectivity index (χ3n) is 1.02. The molecular formula is C8H8NS. The maximum absolute atomic E-state index is 4.85. The number of hydrogen-bond donors (Lipinski definition) is 1. The third kappa shape index (κ3) is 2.15. The maximum Gasteiger partial charge on any atom is 0.0765 e. The fourth-order valence-corrected chi connectivity index (χ4v) is 0.771. The average molecular weight is 150 g/mol. The Morgan fingerprint density at radius 3 is 2.90 bits per heavy atom.